The van der Waals surface area contributed by atoms with Crippen molar-refractivity contribution in [3.8, 4) is 11.5 Å². The summed E-state index contributed by atoms with van der Waals surface area (Å²) in [5.74, 6) is 1.85. The van der Waals surface area contributed by atoms with E-state index in [1.54, 1.807) is 0 Å². The van der Waals surface area contributed by atoms with Crippen LogP contribution in [0, 0.1) is 0 Å². The van der Waals surface area contributed by atoms with Crippen molar-refractivity contribution < 1.29 is 19.0 Å². The summed E-state index contributed by atoms with van der Waals surface area (Å²) in [7, 11) is 0. The molecule has 2 rings (SSSR count). The lowest BCUT2D eigenvalue weighted by Gasteiger charge is -2.05. The van der Waals surface area contributed by atoms with Crippen molar-refractivity contribution in [1.29, 1.82) is 0 Å². The summed E-state index contributed by atoms with van der Waals surface area (Å²) in [5, 5.41) is 0. The summed E-state index contributed by atoms with van der Waals surface area (Å²) in [5.41, 5.74) is 1.06. The Morgan fingerprint density at radius 2 is 2.17 bits per heavy atom. The summed E-state index contributed by atoms with van der Waals surface area (Å²) in [6.07, 6.45) is 2.01. The number of ether oxygens (including phenoxy) is 3. The first-order valence-corrected chi connectivity index (χ1v) is 6.27. The van der Waals surface area contributed by atoms with Crippen LogP contribution in [-0.4, -0.2) is 19.2 Å². The Balaban J connectivity index is 1.69. The van der Waals surface area contributed by atoms with Gasteiger partial charge in [0.25, 0.3) is 0 Å². The van der Waals surface area contributed by atoms with E-state index in [0.717, 1.165) is 23.5 Å². The van der Waals surface area contributed by atoms with Crippen LogP contribution in [-0.2, 0) is 16.1 Å². The van der Waals surface area contributed by atoms with Gasteiger partial charge in [0.15, 0.2) is 11.5 Å². The van der Waals surface area contributed by atoms with E-state index in [2.05, 4.69) is 0 Å². The molecule has 0 atom stereocenters. The van der Waals surface area contributed by atoms with Crippen LogP contribution in [0.4, 0.5) is 0 Å². The Bertz CT molecular complexity index is 414. The molecule has 0 spiro atoms. The summed E-state index contributed by atoms with van der Waals surface area (Å²) in [6.45, 7) is 3.33. The van der Waals surface area contributed by atoms with Crippen molar-refractivity contribution >= 4 is 5.78 Å². The van der Waals surface area contributed by atoms with Gasteiger partial charge in [-0.1, -0.05) is 13.0 Å². The largest absolute Gasteiger partial charge is 0.454 e. The molecule has 4 nitrogen and oxygen atoms in total. The molecule has 1 heterocycles. The molecule has 18 heavy (non-hydrogen) atoms. The molecule has 0 saturated carbocycles. The minimum Gasteiger partial charge on any atom is -0.454 e. The van der Waals surface area contributed by atoms with Crippen LogP contribution in [0.15, 0.2) is 18.2 Å². The van der Waals surface area contributed by atoms with Gasteiger partial charge in [-0.05, 0) is 24.1 Å². The predicted molar refractivity (Wildman–Crippen MR) is 66.8 cm³/mol. The number of carbonyl (C=O) groups excluding carboxylic acids is 1. The van der Waals surface area contributed by atoms with Crippen molar-refractivity contribution in [2.24, 2.45) is 0 Å². The fourth-order valence-corrected chi connectivity index (χ4v) is 1.77. The van der Waals surface area contributed by atoms with Gasteiger partial charge in [-0.15, -0.1) is 0 Å². The number of carbonyl (C=O) groups is 1. The normalized spacial score (nSPS) is 12.7. The maximum Gasteiger partial charge on any atom is 0.231 e. The predicted octanol–water partition coefficient (Wildman–Crippen LogP) is 2.69. The molecule has 1 aliphatic rings. The molecule has 1 aliphatic heterocycles. The molecule has 4 heteroatoms. The van der Waals surface area contributed by atoms with E-state index in [-0.39, 0.29) is 0 Å². The zero-order valence-corrected chi connectivity index (χ0v) is 10.6. The SMILES string of the molecule is CCC(=O)CCCOCc1ccc2c(c1)OCO2. The molecule has 0 amide bonds. The van der Waals surface area contributed by atoms with Crippen molar-refractivity contribution in [2.45, 2.75) is 32.8 Å². The number of benzene rings is 1. The van der Waals surface area contributed by atoms with Crippen molar-refractivity contribution in [3.63, 3.8) is 0 Å². The van der Waals surface area contributed by atoms with Crippen LogP contribution in [0.2, 0.25) is 0 Å². The van der Waals surface area contributed by atoms with E-state index in [4.69, 9.17) is 14.2 Å². The third-order valence-corrected chi connectivity index (χ3v) is 2.84. The average molecular weight is 250 g/mol. The second-order valence-electron chi connectivity index (χ2n) is 4.24. The summed E-state index contributed by atoms with van der Waals surface area (Å²) in [4.78, 5) is 11.1. The van der Waals surface area contributed by atoms with E-state index >= 15 is 0 Å². The first-order chi connectivity index (χ1) is 8.79. The number of fused-ring (bicyclic) bond motifs is 1. The highest BCUT2D eigenvalue weighted by atomic mass is 16.7. The highest BCUT2D eigenvalue weighted by molar-refractivity contribution is 5.77. The van der Waals surface area contributed by atoms with Gasteiger partial charge in [-0.2, -0.15) is 0 Å². The van der Waals surface area contributed by atoms with E-state index in [1.165, 1.54) is 0 Å². The second-order valence-corrected chi connectivity index (χ2v) is 4.24. The van der Waals surface area contributed by atoms with E-state index in [1.807, 2.05) is 25.1 Å². The molecule has 0 bridgehead atoms. The maximum atomic E-state index is 11.1. The topological polar surface area (TPSA) is 44.8 Å². The van der Waals surface area contributed by atoms with Gasteiger partial charge in [-0.3, -0.25) is 4.79 Å². The molecule has 0 fully saturated rings. The Morgan fingerprint density at radius 3 is 3.00 bits per heavy atom. The molecule has 98 valence electrons. The smallest absolute Gasteiger partial charge is 0.231 e. The minimum absolute atomic E-state index is 0.290. The molecule has 0 saturated heterocycles. The van der Waals surface area contributed by atoms with Gasteiger partial charge in [0.05, 0.1) is 6.61 Å². The fraction of sp³-hybridized carbons (Fsp3) is 0.500. The van der Waals surface area contributed by atoms with E-state index < -0.39 is 0 Å². The third kappa shape index (κ3) is 3.47. The van der Waals surface area contributed by atoms with Crippen molar-refractivity contribution in [2.75, 3.05) is 13.4 Å². The molecule has 0 radical (unpaired) electrons. The van der Waals surface area contributed by atoms with Crippen LogP contribution in [0.5, 0.6) is 11.5 Å². The first-order valence-electron chi connectivity index (χ1n) is 6.27. The van der Waals surface area contributed by atoms with Gasteiger partial charge in [0.2, 0.25) is 6.79 Å². The summed E-state index contributed by atoms with van der Waals surface area (Å²) < 4.78 is 16.1. The van der Waals surface area contributed by atoms with Gasteiger partial charge in [-0.25, -0.2) is 0 Å². The Labute approximate surface area is 107 Å². The van der Waals surface area contributed by atoms with E-state index in [0.29, 0.717) is 38.6 Å². The Hall–Kier alpha value is -1.55. The quantitative estimate of drug-likeness (QED) is 0.698. The second kappa shape index (κ2) is 6.40. The molecular formula is C14H18O4. The van der Waals surface area contributed by atoms with Crippen LogP contribution < -0.4 is 9.47 Å². The van der Waals surface area contributed by atoms with Crippen LogP contribution in [0.25, 0.3) is 0 Å². The molecule has 0 aliphatic carbocycles. The van der Waals surface area contributed by atoms with Crippen molar-refractivity contribution in [1.82, 2.24) is 0 Å². The van der Waals surface area contributed by atoms with Gasteiger partial charge >= 0.3 is 0 Å². The van der Waals surface area contributed by atoms with Gasteiger partial charge in [0, 0.05) is 19.4 Å². The number of ketones is 1. The lowest BCUT2D eigenvalue weighted by molar-refractivity contribution is -0.119. The van der Waals surface area contributed by atoms with Gasteiger partial charge < -0.3 is 14.2 Å². The van der Waals surface area contributed by atoms with Crippen molar-refractivity contribution in [3.05, 3.63) is 23.8 Å². The highest BCUT2D eigenvalue weighted by Crippen LogP contribution is 2.32. The lowest BCUT2D eigenvalue weighted by Crippen LogP contribution is -2.00. The third-order valence-electron chi connectivity index (χ3n) is 2.84. The first kappa shape index (κ1) is 12.9. The highest BCUT2D eigenvalue weighted by Gasteiger charge is 2.12. The monoisotopic (exact) mass is 250 g/mol. The van der Waals surface area contributed by atoms with Crippen LogP contribution >= 0.6 is 0 Å². The zero-order chi connectivity index (χ0) is 12.8. The average Bonchev–Trinajstić information content (AvgIpc) is 2.85. The van der Waals surface area contributed by atoms with Crippen LogP contribution in [0.1, 0.15) is 31.7 Å². The summed E-state index contributed by atoms with van der Waals surface area (Å²) >= 11 is 0. The summed E-state index contributed by atoms with van der Waals surface area (Å²) in [6, 6.07) is 5.78. The molecular weight excluding hydrogens is 232 g/mol. The maximum absolute atomic E-state index is 11.1. The molecule has 1 aromatic carbocycles. The Kier molecular flexibility index (Phi) is 4.59. The molecule has 0 aromatic heterocycles. The number of rotatable bonds is 7. The number of hydrogen-bond donors (Lipinski definition) is 0. The molecule has 0 N–H and O–H groups in total. The van der Waals surface area contributed by atoms with Gasteiger partial charge in [0.1, 0.15) is 5.78 Å². The minimum atomic E-state index is 0.290. The fourth-order valence-electron chi connectivity index (χ4n) is 1.77. The lowest BCUT2D eigenvalue weighted by atomic mass is 10.2. The standard InChI is InChI=1S/C14H18O4/c1-2-12(15)4-3-7-16-9-11-5-6-13-14(8-11)18-10-17-13/h5-6,8H,2-4,7,9-10H2,1H3. The van der Waals surface area contributed by atoms with Crippen LogP contribution in [0.3, 0.4) is 0 Å². The van der Waals surface area contributed by atoms with E-state index in [9.17, 15) is 4.79 Å². The number of Topliss-reactive ketones (excluding diaryl/α,β-unsaturated/α-hetero) is 1. The molecule has 1 aromatic rings. The Morgan fingerprint density at radius 1 is 1.33 bits per heavy atom. The molecule has 0 unspecified atom stereocenters. The zero-order valence-electron chi connectivity index (χ0n) is 10.6. The number of hydrogen-bond acceptors (Lipinski definition) is 4.